The Morgan fingerprint density at radius 3 is 2.09 bits per heavy atom. The van der Waals surface area contributed by atoms with Gasteiger partial charge in [-0.15, -0.1) is 0 Å². The van der Waals surface area contributed by atoms with Gasteiger partial charge in [0, 0.05) is 7.11 Å². The number of methoxy groups -OCH3 is 1. The first-order valence-electron chi connectivity index (χ1n) is 11.6. The zero-order chi connectivity index (χ0) is 27.8. The molecule has 0 spiro atoms. The molecule has 176 valence electrons. The summed E-state index contributed by atoms with van der Waals surface area (Å²) in [6, 6.07) is 15.7. The van der Waals surface area contributed by atoms with E-state index in [0.29, 0.717) is 11.1 Å². The number of hydrogen-bond donors (Lipinski definition) is 0. The zero-order valence-electron chi connectivity index (χ0n) is 21.7. The minimum absolute atomic E-state index is 0.295. The molecular formula is C21H23F3O7S. The summed E-state index contributed by atoms with van der Waals surface area (Å²) in [6.07, 6.45) is -13.4. The number of rotatable bonds is 10. The van der Waals surface area contributed by atoms with Crippen molar-refractivity contribution in [1.29, 1.82) is 0 Å². The molecule has 7 nitrogen and oxygen atoms in total. The summed E-state index contributed by atoms with van der Waals surface area (Å²) in [5.41, 5.74) is -5.32. The van der Waals surface area contributed by atoms with E-state index in [0.717, 1.165) is 7.11 Å². The van der Waals surface area contributed by atoms with E-state index in [4.69, 9.17) is 25.8 Å². The number of hydrogen-bond acceptors (Lipinski definition) is 7. The summed E-state index contributed by atoms with van der Waals surface area (Å²) < 4.78 is 131. The fourth-order valence-electron chi connectivity index (χ4n) is 2.53. The lowest BCUT2D eigenvalue weighted by atomic mass is 10.1. The van der Waals surface area contributed by atoms with Crippen LogP contribution in [0, 0.1) is 0 Å². The molecule has 3 rings (SSSR count). The average molecular weight is 481 g/mol. The monoisotopic (exact) mass is 481 g/mol. The molecule has 32 heavy (non-hydrogen) atoms. The van der Waals surface area contributed by atoms with Crippen LogP contribution < -0.4 is 0 Å². The van der Waals surface area contributed by atoms with Crippen molar-refractivity contribution >= 4 is 10.1 Å². The van der Waals surface area contributed by atoms with Gasteiger partial charge in [-0.3, -0.25) is 4.18 Å². The van der Waals surface area contributed by atoms with Crippen molar-refractivity contribution < 1.29 is 51.6 Å². The van der Waals surface area contributed by atoms with Gasteiger partial charge in [0.1, 0.15) is 12.2 Å². The maximum atomic E-state index is 13.2. The predicted molar refractivity (Wildman–Crippen MR) is 107 cm³/mol. The van der Waals surface area contributed by atoms with E-state index in [2.05, 4.69) is 4.18 Å². The molecule has 1 aliphatic heterocycles. The Labute approximate surface area is 191 Å². The van der Waals surface area contributed by atoms with Crippen LogP contribution >= 0.6 is 0 Å². The molecule has 4 atom stereocenters. The minimum Gasteiger partial charge on any atom is -0.374 e. The second-order valence-corrected chi connectivity index (χ2v) is 7.88. The standard InChI is InChI=1S/C21H23F3O7S/c1-27-20-19(31-32(25,26)21(22,23)24)18(29-13-16-10-6-3-7-11-16)17(30-20)14-28-12-15-8-4-2-5-9-15/h2-11,17-20H,12-14H2,1H3/t17-,18-,19+,20-/m1/s1/i14D2,17D,18D,19D. The van der Waals surface area contributed by atoms with Gasteiger partial charge in [-0.25, -0.2) is 0 Å². The van der Waals surface area contributed by atoms with Crippen LogP contribution in [0.4, 0.5) is 13.2 Å². The highest BCUT2D eigenvalue weighted by molar-refractivity contribution is 7.87. The minimum atomic E-state index is -6.58. The Morgan fingerprint density at radius 1 is 1.00 bits per heavy atom. The summed E-state index contributed by atoms with van der Waals surface area (Å²) >= 11 is 0. The van der Waals surface area contributed by atoms with Crippen LogP contribution in [0.15, 0.2) is 60.7 Å². The fourth-order valence-corrected chi connectivity index (χ4v) is 3.01. The predicted octanol–water partition coefficient (Wildman–Crippen LogP) is 3.39. The smallest absolute Gasteiger partial charge is 0.374 e. The van der Waals surface area contributed by atoms with Crippen LogP contribution in [0.25, 0.3) is 0 Å². The van der Waals surface area contributed by atoms with Crippen LogP contribution in [-0.2, 0) is 46.5 Å². The van der Waals surface area contributed by atoms with Gasteiger partial charge in [0.2, 0.25) is 0 Å². The molecule has 2 aromatic carbocycles. The first-order chi connectivity index (χ1) is 17.0. The highest BCUT2D eigenvalue weighted by Crippen LogP contribution is 2.34. The average Bonchev–Trinajstić information content (AvgIpc) is 3.00. The van der Waals surface area contributed by atoms with Crippen molar-refractivity contribution in [3.8, 4) is 0 Å². The first kappa shape index (κ1) is 18.4. The number of benzene rings is 2. The maximum absolute atomic E-state index is 13.2. The van der Waals surface area contributed by atoms with Gasteiger partial charge in [-0.2, -0.15) is 21.6 Å². The van der Waals surface area contributed by atoms with Gasteiger partial charge in [0.05, 0.1) is 26.6 Å². The molecule has 0 amide bonds. The van der Waals surface area contributed by atoms with E-state index in [9.17, 15) is 21.6 Å². The lowest BCUT2D eigenvalue weighted by Crippen LogP contribution is -2.43. The van der Waals surface area contributed by atoms with Crippen LogP contribution in [-0.4, -0.2) is 52.1 Å². The topological polar surface area (TPSA) is 80.3 Å². The number of ether oxygens (including phenoxy) is 4. The molecule has 1 saturated heterocycles. The zero-order valence-corrected chi connectivity index (χ0v) is 17.5. The molecule has 0 aliphatic carbocycles. The van der Waals surface area contributed by atoms with E-state index in [1.807, 2.05) is 0 Å². The quantitative estimate of drug-likeness (QED) is 0.380. The molecule has 0 N–H and O–H groups in total. The summed E-state index contributed by atoms with van der Waals surface area (Å²) in [6.45, 7) is -4.54. The Bertz CT molecular complexity index is 1180. The van der Waals surface area contributed by atoms with Crippen molar-refractivity contribution in [1.82, 2.24) is 0 Å². The second kappa shape index (κ2) is 10.7. The Balaban J connectivity index is 2.09. The van der Waals surface area contributed by atoms with Gasteiger partial charge < -0.3 is 18.9 Å². The van der Waals surface area contributed by atoms with Crippen LogP contribution in [0.3, 0.4) is 0 Å². The van der Waals surface area contributed by atoms with Gasteiger partial charge in [0.15, 0.2) is 12.4 Å². The van der Waals surface area contributed by atoms with Crippen molar-refractivity contribution in [3.63, 3.8) is 0 Å². The van der Waals surface area contributed by atoms with Gasteiger partial charge in [-0.1, -0.05) is 60.7 Å². The molecule has 0 unspecified atom stereocenters. The third-order valence-electron chi connectivity index (χ3n) is 4.04. The lowest BCUT2D eigenvalue weighted by Gasteiger charge is -2.24. The second-order valence-electron chi connectivity index (χ2n) is 6.34. The first-order valence-corrected chi connectivity index (χ1v) is 10.5. The molecule has 1 aliphatic rings. The van der Waals surface area contributed by atoms with E-state index in [1.54, 1.807) is 48.5 Å². The van der Waals surface area contributed by atoms with Gasteiger partial charge >= 0.3 is 15.6 Å². The van der Waals surface area contributed by atoms with E-state index in [-0.39, 0.29) is 0 Å². The molecule has 1 fully saturated rings. The van der Waals surface area contributed by atoms with Gasteiger partial charge in [-0.05, 0) is 11.1 Å². The van der Waals surface area contributed by atoms with E-state index in [1.165, 1.54) is 12.1 Å². The summed E-state index contributed by atoms with van der Waals surface area (Å²) in [5, 5.41) is 0. The van der Waals surface area contributed by atoms with Gasteiger partial charge in [0.25, 0.3) is 0 Å². The largest absolute Gasteiger partial charge is 0.523 e. The van der Waals surface area contributed by atoms with Crippen molar-refractivity contribution in [3.05, 3.63) is 71.8 Å². The van der Waals surface area contributed by atoms with E-state index >= 15 is 0 Å². The third kappa shape index (κ3) is 6.27. The Hall–Kier alpha value is -2.02. The summed E-state index contributed by atoms with van der Waals surface area (Å²) in [5.74, 6) is 0. The van der Waals surface area contributed by atoms with Crippen LogP contribution in [0.5, 0.6) is 0 Å². The fraction of sp³-hybridized carbons (Fsp3) is 0.429. The SMILES string of the molecule is [2H]C([2H])(OCc1ccccc1)[C@@]1([2H])O[C@@H](OC)[C@@]([2H])(OS(=O)(=O)C(F)(F)F)[C@]1([2H])OCc1ccccc1. The van der Waals surface area contributed by atoms with Crippen molar-refractivity contribution in [2.45, 2.75) is 43.3 Å². The normalized spacial score (nSPS) is 33.6. The molecule has 0 bridgehead atoms. The molecule has 0 radical (unpaired) electrons. The maximum Gasteiger partial charge on any atom is 0.523 e. The van der Waals surface area contributed by atoms with Crippen molar-refractivity contribution in [2.24, 2.45) is 0 Å². The molecule has 2 aromatic rings. The van der Waals surface area contributed by atoms with Crippen LogP contribution in [0.1, 0.15) is 18.0 Å². The molecule has 11 heteroatoms. The van der Waals surface area contributed by atoms with Crippen LogP contribution in [0.2, 0.25) is 0 Å². The lowest BCUT2D eigenvalue weighted by molar-refractivity contribution is -0.154. The highest BCUT2D eigenvalue weighted by Gasteiger charge is 2.55. The Morgan fingerprint density at radius 2 is 1.56 bits per heavy atom. The highest BCUT2D eigenvalue weighted by atomic mass is 32.2. The number of alkyl halides is 3. The molecule has 0 saturated carbocycles. The molecular weight excluding hydrogens is 453 g/mol. The van der Waals surface area contributed by atoms with Crippen molar-refractivity contribution in [2.75, 3.05) is 13.7 Å². The molecule has 1 heterocycles. The summed E-state index contributed by atoms with van der Waals surface area (Å²) in [7, 11) is -5.80. The third-order valence-corrected chi connectivity index (χ3v) is 5.00. The Kier molecular flexibility index (Phi) is 6.17. The number of halogens is 3. The molecule has 0 aromatic heterocycles. The summed E-state index contributed by atoms with van der Waals surface area (Å²) in [4.78, 5) is 0. The van der Waals surface area contributed by atoms with E-state index < -0.39 is 59.9 Å².